The van der Waals surface area contributed by atoms with Crippen molar-refractivity contribution in [1.82, 2.24) is 9.55 Å². The number of hydrogen-bond donors (Lipinski definition) is 0. The molecule has 0 radical (unpaired) electrons. The minimum Gasteiger partial charge on any atom is -0.385 e. The van der Waals surface area contributed by atoms with Crippen LogP contribution < -0.4 is 0 Å². The van der Waals surface area contributed by atoms with Crippen molar-refractivity contribution in [3.8, 4) is 0 Å². The number of methoxy groups -OCH3 is 1. The van der Waals surface area contributed by atoms with Crippen LogP contribution in [0, 0.1) is 18.8 Å². The van der Waals surface area contributed by atoms with E-state index in [4.69, 9.17) is 19.2 Å². The van der Waals surface area contributed by atoms with Crippen LogP contribution in [0.3, 0.4) is 0 Å². The van der Waals surface area contributed by atoms with E-state index in [0.29, 0.717) is 11.8 Å². The minimum absolute atomic E-state index is 0.144. The molecule has 5 nitrogen and oxygen atoms in total. The molecular formula is C20H32N2O3. The first-order valence-corrected chi connectivity index (χ1v) is 9.85. The van der Waals surface area contributed by atoms with Gasteiger partial charge in [-0.15, -0.1) is 0 Å². The SMILES string of the molecule is COCCCn1c(C)nc2c1CC[C@H]1[C@H](C)C3(CC[C@]21C)OCCO3. The van der Waals surface area contributed by atoms with Crippen LogP contribution in [0.4, 0.5) is 0 Å². The number of imidazole rings is 1. The molecule has 140 valence electrons. The van der Waals surface area contributed by atoms with E-state index in [-0.39, 0.29) is 11.2 Å². The van der Waals surface area contributed by atoms with Gasteiger partial charge in [-0.2, -0.15) is 0 Å². The van der Waals surface area contributed by atoms with E-state index in [1.807, 2.05) is 0 Å². The largest absolute Gasteiger partial charge is 0.385 e. The van der Waals surface area contributed by atoms with E-state index >= 15 is 0 Å². The van der Waals surface area contributed by atoms with Crippen LogP contribution in [0.25, 0.3) is 0 Å². The molecule has 0 bridgehead atoms. The molecule has 4 rings (SSSR count). The van der Waals surface area contributed by atoms with Crippen LogP contribution in [-0.2, 0) is 32.6 Å². The third kappa shape index (κ3) is 2.58. The van der Waals surface area contributed by atoms with Crippen molar-refractivity contribution in [2.24, 2.45) is 11.8 Å². The fourth-order valence-corrected chi connectivity index (χ4v) is 5.72. The quantitative estimate of drug-likeness (QED) is 0.784. The molecule has 0 amide bonds. The van der Waals surface area contributed by atoms with Gasteiger partial charge in [-0.05, 0) is 38.5 Å². The molecule has 1 spiro atoms. The normalized spacial score (nSPS) is 33.4. The smallest absolute Gasteiger partial charge is 0.171 e. The van der Waals surface area contributed by atoms with Crippen molar-refractivity contribution in [3.05, 3.63) is 17.2 Å². The Morgan fingerprint density at radius 3 is 2.76 bits per heavy atom. The molecule has 0 unspecified atom stereocenters. The van der Waals surface area contributed by atoms with Gasteiger partial charge in [0.25, 0.3) is 0 Å². The maximum Gasteiger partial charge on any atom is 0.171 e. The fraction of sp³-hybridized carbons (Fsp3) is 0.850. The summed E-state index contributed by atoms with van der Waals surface area (Å²) in [6.45, 7) is 10.2. The maximum atomic E-state index is 6.11. The van der Waals surface area contributed by atoms with Crippen molar-refractivity contribution >= 4 is 0 Å². The van der Waals surface area contributed by atoms with Gasteiger partial charge < -0.3 is 18.8 Å². The second-order valence-corrected chi connectivity index (χ2v) is 8.31. The lowest BCUT2D eigenvalue weighted by Gasteiger charge is -2.53. The molecule has 25 heavy (non-hydrogen) atoms. The summed E-state index contributed by atoms with van der Waals surface area (Å²) in [6.07, 6.45) is 5.44. The summed E-state index contributed by atoms with van der Waals surface area (Å²) in [6, 6.07) is 0. The predicted molar refractivity (Wildman–Crippen MR) is 95.7 cm³/mol. The molecule has 3 atom stereocenters. The highest BCUT2D eigenvalue weighted by atomic mass is 16.7. The van der Waals surface area contributed by atoms with Crippen molar-refractivity contribution in [2.75, 3.05) is 26.9 Å². The molecule has 0 aromatic carbocycles. The Morgan fingerprint density at radius 2 is 2.04 bits per heavy atom. The van der Waals surface area contributed by atoms with Crippen LogP contribution in [0.1, 0.15) is 56.7 Å². The van der Waals surface area contributed by atoms with E-state index in [0.717, 1.165) is 57.9 Å². The molecule has 0 N–H and O–H groups in total. The number of hydrogen-bond acceptors (Lipinski definition) is 4. The van der Waals surface area contributed by atoms with Crippen molar-refractivity contribution in [2.45, 2.75) is 70.6 Å². The number of rotatable bonds is 4. The highest BCUT2D eigenvalue weighted by Crippen LogP contribution is 2.56. The van der Waals surface area contributed by atoms with Gasteiger partial charge in [0.2, 0.25) is 0 Å². The van der Waals surface area contributed by atoms with Gasteiger partial charge in [0.1, 0.15) is 5.82 Å². The monoisotopic (exact) mass is 348 g/mol. The zero-order valence-electron chi connectivity index (χ0n) is 16.1. The molecule has 1 saturated heterocycles. The van der Waals surface area contributed by atoms with Crippen LogP contribution in [-0.4, -0.2) is 42.3 Å². The lowest BCUT2D eigenvalue weighted by molar-refractivity contribution is -0.234. The van der Waals surface area contributed by atoms with Crippen LogP contribution in [0.2, 0.25) is 0 Å². The Labute approximate surface area is 151 Å². The molecule has 2 heterocycles. The third-order valence-corrected chi connectivity index (χ3v) is 7.11. The van der Waals surface area contributed by atoms with Crippen LogP contribution >= 0.6 is 0 Å². The highest BCUT2D eigenvalue weighted by Gasteiger charge is 2.58. The Morgan fingerprint density at radius 1 is 1.28 bits per heavy atom. The summed E-state index contributed by atoms with van der Waals surface area (Å²) >= 11 is 0. The van der Waals surface area contributed by atoms with E-state index in [9.17, 15) is 0 Å². The summed E-state index contributed by atoms with van der Waals surface area (Å²) in [7, 11) is 1.77. The van der Waals surface area contributed by atoms with Gasteiger partial charge in [0, 0.05) is 43.7 Å². The Balaban J connectivity index is 1.64. The number of fused-ring (bicyclic) bond motifs is 3. The molecule has 2 aliphatic carbocycles. The second-order valence-electron chi connectivity index (χ2n) is 8.31. The second kappa shape index (κ2) is 6.36. The van der Waals surface area contributed by atoms with Crippen molar-refractivity contribution in [3.63, 3.8) is 0 Å². The molecule has 1 aromatic heterocycles. The first-order chi connectivity index (χ1) is 12.0. The van der Waals surface area contributed by atoms with Crippen molar-refractivity contribution in [1.29, 1.82) is 0 Å². The average molecular weight is 348 g/mol. The third-order valence-electron chi connectivity index (χ3n) is 7.11. The number of aryl methyl sites for hydroxylation is 1. The topological polar surface area (TPSA) is 45.5 Å². The van der Waals surface area contributed by atoms with Gasteiger partial charge in [-0.1, -0.05) is 13.8 Å². The van der Waals surface area contributed by atoms with Crippen LogP contribution in [0.5, 0.6) is 0 Å². The maximum absolute atomic E-state index is 6.11. The Hall–Kier alpha value is -0.910. The molecule has 1 saturated carbocycles. The van der Waals surface area contributed by atoms with Gasteiger partial charge in [-0.3, -0.25) is 0 Å². The molecular weight excluding hydrogens is 316 g/mol. The lowest BCUT2D eigenvalue weighted by atomic mass is 9.55. The number of ether oxygens (including phenoxy) is 3. The number of aromatic nitrogens is 2. The van der Waals surface area contributed by atoms with Crippen LogP contribution in [0.15, 0.2) is 0 Å². The highest BCUT2D eigenvalue weighted by molar-refractivity contribution is 5.32. The van der Waals surface area contributed by atoms with Gasteiger partial charge in [0.15, 0.2) is 5.79 Å². The zero-order chi connectivity index (χ0) is 17.7. The summed E-state index contributed by atoms with van der Waals surface area (Å²) in [5.41, 5.74) is 2.95. The lowest BCUT2D eigenvalue weighted by Crippen LogP contribution is -2.55. The summed E-state index contributed by atoms with van der Waals surface area (Å²) in [5, 5.41) is 0. The summed E-state index contributed by atoms with van der Waals surface area (Å²) < 4.78 is 19.9. The van der Waals surface area contributed by atoms with Gasteiger partial charge >= 0.3 is 0 Å². The molecule has 1 aliphatic heterocycles. The molecule has 1 aromatic rings. The zero-order valence-corrected chi connectivity index (χ0v) is 16.1. The average Bonchev–Trinajstić information content (AvgIpc) is 3.19. The van der Waals surface area contributed by atoms with E-state index in [2.05, 4.69) is 25.3 Å². The van der Waals surface area contributed by atoms with E-state index in [1.165, 1.54) is 17.8 Å². The van der Waals surface area contributed by atoms with Gasteiger partial charge in [0.05, 0.1) is 18.9 Å². The molecule has 5 heteroatoms. The van der Waals surface area contributed by atoms with E-state index in [1.54, 1.807) is 7.11 Å². The minimum atomic E-state index is -0.336. The first kappa shape index (κ1) is 17.5. The Bertz CT molecular complexity index is 635. The molecule has 3 aliphatic rings. The standard InChI is InChI=1S/C20H32N2O3/c1-14-16-6-7-17-18(21-15(2)22(17)10-5-11-23-4)19(16,3)8-9-20(14)24-12-13-25-20/h14,16H,5-13H2,1-4H3/t14-,16-,19-/m0/s1. The fourth-order valence-electron chi connectivity index (χ4n) is 5.72. The van der Waals surface area contributed by atoms with E-state index < -0.39 is 0 Å². The first-order valence-electron chi connectivity index (χ1n) is 9.85. The molecule has 2 fully saturated rings. The Kier molecular flexibility index (Phi) is 4.45. The van der Waals surface area contributed by atoms with Crippen molar-refractivity contribution < 1.29 is 14.2 Å². The van der Waals surface area contributed by atoms with Gasteiger partial charge in [-0.25, -0.2) is 4.98 Å². The predicted octanol–water partition coefficient (Wildman–Crippen LogP) is 3.22. The summed E-state index contributed by atoms with van der Waals surface area (Å²) in [5.74, 6) is 1.82. The summed E-state index contributed by atoms with van der Waals surface area (Å²) in [4.78, 5) is 5.08. The number of nitrogens with zero attached hydrogens (tertiary/aromatic N) is 2.